The van der Waals surface area contributed by atoms with Crippen LogP contribution in [0.25, 0.3) is 10.9 Å². The number of aliphatic hydroxyl groups is 1. The molecule has 1 aromatic carbocycles. The van der Waals surface area contributed by atoms with Crippen LogP contribution < -0.4 is 0 Å². The standard InChI is InChI=1S/C23H34N2O/c1-3-5-13-25(14-6-4-2)17-23(26)19-11-12-22-20(16-19)15-18-9-7-8-10-21(18)24-22/h11-12,15-16,23,26H,3-10,13-14,17H2,1-2H3. The van der Waals surface area contributed by atoms with Gasteiger partial charge in [-0.2, -0.15) is 0 Å². The van der Waals surface area contributed by atoms with Crippen LogP contribution in [0.4, 0.5) is 0 Å². The molecule has 26 heavy (non-hydrogen) atoms. The number of unbranched alkanes of at least 4 members (excludes halogenated alkanes) is 2. The van der Waals surface area contributed by atoms with Gasteiger partial charge in [0.15, 0.2) is 0 Å². The zero-order valence-corrected chi connectivity index (χ0v) is 16.5. The molecule has 0 fully saturated rings. The summed E-state index contributed by atoms with van der Waals surface area (Å²) in [5.41, 5.74) is 4.77. The van der Waals surface area contributed by atoms with Crippen LogP contribution in [0.2, 0.25) is 0 Å². The predicted octanol–water partition coefficient (Wildman–Crippen LogP) is 5.05. The Morgan fingerprint density at radius 1 is 1.04 bits per heavy atom. The number of rotatable bonds is 9. The molecule has 1 atom stereocenters. The third-order valence-electron chi connectivity index (χ3n) is 5.59. The SMILES string of the molecule is CCCCN(CCCC)CC(O)c1ccc2nc3c(cc2c1)CCCC3. The van der Waals surface area contributed by atoms with Crippen molar-refractivity contribution in [2.45, 2.75) is 71.3 Å². The maximum absolute atomic E-state index is 10.8. The maximum atomic E-state index is 10.8. The van der Waals surface area contributed by atoms with Gasteiger partial charge >= 0.3 is 0 Å². The highest BCUT2D eigenvalue weighted by molar-refractivity contribution is 5.80. The number of fused-ring (bicyclic) bond motifs is 2. The number of hydrogen-bond donors (Lipinski definition) is 1. The fourth-order valence-corrected chi connectivity index (χ4v) is 3.93. The Labute approximate surface area is 158 Å². The summed E-state index contributed by atoms with van der Waals surface area (Å²) in [5, 5.41) is 12.0. The molecule has 3 rings (SSSR count). The van der Waals surface area contributed by atoms with Crippen LogP contribution >= 0.6 is 0 Å². The molecular weight excluding hydrogens is 320 g/mol. The monoisotopic (exact) mass is 354 g/mol. The van der Waals surface area contributed by atoms with Crippen molar-refractivity contribution in [3.05, 3.63) is 41.1 Å². The summed E-state index contributed by atoms with van der Waals surface area (Å²) < 4.78 is 0. The molecule has 1 N–H and O–H groups in total. The van der Waals surface area contributed by atoms with Crippen LogP contribution in [-0.4, -0.2) is 34.6 Å². The van der Waals surface area contributed by atoms with E-state index >= 15 is 0 Å². The molecule has 0 amide bonds. The average Bonchev–Trinajstić information content (AvgIpc) is 2.67. The summed E-state index contributed by atoms with van der Waals surface area (Å²) in [6.07, 6.45) is 9.15. The van der Waals surface area contributed by atoms with Crippen molar-refractivity contribution in [1.82, 2.24) is 9.88 Å². The zero-order chi connectivity index (χ0) is 18.4. The average molecular weight is 355 g/mol. The molecule has 142 valence electrons. The Kier molecular flexibility index (Phi) is 7.04. The van der Waals surface area contributed by atoms with E-state index in [0.29, 0.717) is 0 Å². The number of aromatic nitrogens is 1. The van der Waals surface area contributed by atoms with Crippen LogP contribution in [0.1, 0.15) is 75.3 Å². The Morgan fingerprint density at radius 2 is 1.77 bits per heavy atom. The normalized spacial score (nSPS) is 15.4. The summed E-state index contributed by atoms with van der Waals surface area (Å²) in [6, 6.07) is 8.61. The smallest absolute Gasteiger partial charge is 0.0917 e. The molecule has 0 saturated carbocycles. The lowest BCUT2D eigenvalue weighted by Gasteiger charge is -2.25. The minimum atomic E-state index is -0.427. The molecule has 1 aliphatic rings. The molecule has 0 aliphatic heterocycles. The second-order valence-electron chi connectivity index (χ2n) is 7.78. The van der Waals surface area contributed by atoms with Gasteiger partial charge in [-0.3, -0.25) is 4.98 Å². The number of aryl methyl sites for hydroxylation is 2. The first-order chi connectivity index (χ1) is 12.7. The zero-order valence-electron chi connectivity index (χ0n) is 16.5. The molecular formula is C23H34N2O. The quantitative estimate of drug-likeness (QED) is 0.684. The van der Waals surface area contributed by atoms with Crippen molar-refractivity contribution >= 4 is 10.9 Å². The van der Waals surface area contributed by atoms with E-state index in [1.54, 1.807) is 0 Å². The summed E-state index contributed by atoms with van der Waals surface area (Å²) in [4.78, 5) is 7.29. The summed E-state index contributed by atoms with van der Waals surface area (Å²) in [7, 11) is 0. The molecule has 2 aromatic rings. The van der Waals surface area contributed by atoms with E-state index in [9.17, 15) is 5.11 Å². The summed E-state index contributed by atoms with van der Waals surface area (Å²) in [5.74, 6) is 0. The molecule has 0 saturated heterocycles. The van der Waals surface area contributed by atoms with E-state index in [2.05, 4.69) is 43.0 Å². The highest BCUT2D eigenvalue weighted by Gasteiger charge is 2.16. The van der Waals surface area contributed by atoms with Gasteiger partial charge in [0, 0.05) is 17.6 Å². The Bertz CT molecular complexity index is 705. The van der Waals surface area contributed by atoms with Gasteiger partial charge in [-0.25, -0.2) is 0 Å². The lowest BCUT2D eigenvalue weighted by Crippen LogP contribution is -2.30. The van der Waals surface area contributed by atoms with Crippen LogP contribution in [-0.2, 0) is 12.8 Å². The first-order valence-electron chi connectivity index (χ1n) is 10.5. The van der Waals surface area contributed by atoms with E-state index in [1.165, 1.54) is 55.2 Å². The molecule has 3 nitrogen and oxygen atoms in total. The number of hydrogen-bond acceptors (Lipinski definition) is 3. The Hall–Kier alpha value is -1.45. The molecule has 1 aromatic heterocycles. The highest BCUT2D eigenvalue weighted by Crippen LogP contribution is 2.26. The first-order valence-corrected chi connectivity index (χ1v) is 10.5. The van der Waals surface area contributed by atoms with Gasteiger partial charge in [0.05, 0.1) is 11.6 Å². The minimum absolute atomic E-state index is 0.427. The van der Waals surface area contributed by atoms with Gasteiger partial charge in [0.25, 0.3) is 0 Å². The van der Waals surface area contributed by atoms with E-state index in [-0.39, 0.29) is 0 Å². The van der Waals surface area contributed by atoms with E-state index < -0.39 is 6.10 Å². The van der Waals surface area contributed by atoms with Gasteiger partial charge in [-0.1, -0.05) is 32.8 Å². The van der Waals surface area contributed by atoms with Crippen molar-refractivity contribution in [3.63, 3.8) is 0 Å². The summed E-state index contributed by atoms with van der Waals surface area (Å²) in [6.45, 7) is 7.34. The fraction of sp³-hybridized carbons (Fsp3) is 0.609. The van der Waals surface area contributed by atoms with Gasteiger partial charge in [0.2, 0.25) is 0 Å². The second-order valence-corrected chi connectivity index (χ2v) is 7.78. The molecule has 0 spiro atoms. The van der Waals surface area contributed by atoms with Crippen LogP contribution in [0.15, 0.2) is 24.3 Å². The number of aliphatic hydroxyl groups excluding tert-OH is 1. The molecule has 3 heteroatoms. The fourth-order valence-electron chi connectivity index (χ4n) is 3.93. The van der Waals surface area contributed by atoms with Crippen molar-refractivity contribution in [2.24, 2.45) is 0 Å². The molecule has 0 bridgehead atoms. The van der Waals surface area contributed by atoms with Crippen LogP contribution in [0, 0.1) is 0 Å². The third kappa shape index (κ3) is 4.83. The Balaban J connectivity index is 1.75. The first kappa shape index (κ1) is 19.3. The van der Waals surface area contributed by atoms with Gasteiger partial charge in [-0.05, 0) is 80.9 Å². The van der Waals surface area contributed by atoms with Gasteiger partial charge in [0.1, 0.15) is 0 Å². The largest absolute Gasteiger partial charge is 0.387 e. The second kappa shape index (κ2) is 9.48. The van der Waals surface area contributed by atoms with Gasteiger partial charge in [-0.15, -0.1) is 0 Å². The summed E-state index contributed by atoms with van der Waals surface area (Å²) >= 11 is 0. The third-order valence-corrected chi connectivity index (χ3v) is 5.59. The molecule has 0 radical (unpaired) electrons. The lowest BCUT2D eigenvalue weighted by atomic mass is 9.94. The lowest BCUT2D eigenvalue weighted by molar-refractivity contribution is 0.111. The number of pyridine rings is 1. The molecule has 1 unspecified atom stereocenters. The van der Waals surface area contributed by atoms with Crippen molar-refractivity contribution < 1.29 is 5.11 Å². The minimum Gasteiger partial charge on any atom is -0.387 e. The highest BCUT2D eigenvalue weighted by atomic mass is 16.3. The van der Waals surface area contributed by atoms with E-state index in [1.807, 2.05) is 0 Å². The molecule has 1 heterocycles. The predicted molar refractivity (Wildman–Crippen MR) is 110 cm³/mol. The van der Waals surface area contributed by atoms with Crippen LogP contribution in [0.5, 0.6) is 0 Å². The van der Waals surface area contributed by atoms with Crippen molar-refractivity contribution in [3.8, 4) is 0 Å². The topological polar surface area (TPSA) is 36.4 Å². The van der Waals surface area contributed by atoms with Crippen molar-refractivity contribution in [2.75, 3.05) is 19.6 Å². The van der Waals surface area contributed by atoms with Crippen molar-refractivity contribution in [1.29, 1.82) is 0 Å². The maximum Gasteiger partial charge on any atom is 0.0917 e. The van der Waals surface area contributed by atoms with Crippen LogP contribution in [0.3, 0.4) is 0 Å². The Morgan fingerprint density at radius 3 is 2.50 bits per heavy atom. The number of nitrogens with zero attached hydrogens (tertiary/aromatic N) is 2. The number of benzene rings is 1. The van der Waals surface area contributed by atoms with E-state index in [0.717, 1.165) is 43.6 Å². The molecule has 1 aliphatic carbocycles. The van der Waals surface area contributed by atoms with E-state index in [4.69, 9.17) is 4.98 Å². The van der Waals surface area contributed by atoms with Gasteiger partial charge < -0.3 is 10.0 Å².